The summed E-state index contributed by atoms with van der Waals surface area (Å²) >= 11 is 0. The van der Waals surface area contributed by atoms with Crippen LogP contribution < -0.4 is 16.2 Å². The van der Waals surface area contributed by atoms with Crippen molar-refractivity contribution >= 4 is 11.6 Å². The van der Waals surface area contributed by atoms with Gasteiger partial charge in [-0.15, -0.1) is 0 Å². The van der Waals surface area contributed by atoms with Crippen molar-refractivity contribution in [2.45, 2.75) is 44.3 Å². The van der Waals surface area contributed by atoms with E-state index < -0.39 is 53.7 Å². The highest BCUT2D eigenvalue weighted by molar-refractivity contribution is 5.99. The second-order valence-electron chi connectivity index (χ2n) is 10.1. The standard InChI is InChI=1S/C25H27F5N4O2/c1-11(12-4-3-5-13(21(12)26)23(27)28)31-25(36)17-10-34(19-6-14(19)24(29)30)20(35)7-18(17)32-22-15-8-33(2)9-16(15)22/h3-5,7,10-11,14-16,19,22-24,32H,6,8-9H2,1-2H3,(H,31,36)/t11-,14+,15-,16+,19+,22?/m1/s1. The zero-order valence-electron chi connectivity index (χ0n) is 19.7. The summed E-state index contributed by atoms with van der Waals surface area (Å²) in [5.74, 6) is -1.97. The number of hydrogen-bond donors (Lipinski definition) is 2. The Morgan fingerprint density at radius 1 is 1.11 bits per heavy atom. The number of nitrogens with one attached hydrogen (secondary N) is 2. The monoisotopic (exact) mass is 510 g/mol. The van der Waals surface area contributed by atoms with E-state index in [4.69, 9.17) is 0 Å². The van der Waals surface area contributed by atoms with Gasteiger partial charge in [-0.3, -0.25) is 9.59 Å². The van der Waals surface area contributed by atoms with Crippen molar-refractivity contribution in [3.05, 3.63) is 63.3 Å². The number of hydrogen-bond acceptors (Lipinski definition) is 4. The van der Waals surface area contributed by atoms with Gasteiger partial charge >= 0.3 is 0 Å². The molecule has 1 saturated heterocycles. The summed E-state index contributed by atoms with van der Waals surface area (Å²) in [6, 6.07) is 3.24. The first kappa shape index (κ1) is 24.7. The lowest BCUT2D eigenvalue weighted by Gasteiger charge is -2.20. The SMILES string of the molecule is C[C@@H](NC(=O)c1cn([C@H]2C[C@@H]2C(F)F)c(=O)cc1NC1[C@H]2CN(C)C[C@@H]12)c1cccc(C(F)F)c1F. The van der Waals surface area contributed by atoms with Gasteiger partial charge in [-0.1, -0.05) is 18.2 Å². The predicted molar refractivity (Wildman–Crippen MR) is 123 cm³/mol. The third-order valence-corrected chi connectivity index (χ3v) is 7.62. The van der Waals surface area contributed by atoms with Crippen LogP contribution in [0.1, 0.15) is 53.3 Å². The highest BCUT2D eigenvalue weighted by Gasteiger charge is 2.55. The maximum Gasteiger partial charge on any atom is 0.266 e. The van der Waals surface area contributed by atoms with E-state index in [1.807, 2.05) is 7.05 Å². The molecular formula is C25H27F5N4O2. The molecule has 194 valence electrons. The van der Waals surface area contributed by atoms with Crippen molar-refractivity contribution in [2.75, 3.05) is 25.5 Å². The van der Waals surface area contributed by atoms with Gasteiger partial charge in [0.1, 0.15) is 5.82 Å². The summed E-state index contributed by atoms with van der Waals surface area (Å²) in [4.78, 5) is 28.3. The molecule has 36 heavy (non-hydrogen) atoms. The average Bonchev–Trinajstić information content (AvgIpc) is 3.68. The van der Waals surface area contributed by atoms with Crippen molar-refractivity contribution < 1.29 is 26.7 Å². The number of pyridine rings is 1. The Kier molecular flexibility index (Phi) is 6.30. The summed E-state index contributed by atoms with van der Waals surface area (Å²) in [6.45, 7) is 3.23. The molecule has 1 unspecified atom stereocenters. The largest absolute Gasteiger partial charge is 0.381 e. The van der Waals surface area contributed by atoms with E-state index >= 15 is 0 Å². The summed E-state index contributed by atoms with van der Waals surface area (Å²) < 4.78 is 68.4. The topological polar surface area (TPSA) is 66.4 Å². The fraction of sp³-hybridized carbons (Fsp3) is 0.520. The predicted octanol–water partition coefficient (Wildman–Crippen LogP) is 4.21. The minimum absolute atomic E-state index is 0.0603. The van der Waals surface area contributed by atoms with E-state index in [1.54, 1.807) is 0 Å². The van der Waals surface area contributed by atoms with Crippen LogP contribution >= 0.6 is 0 Å². The lowest BCUT2D eigenvalue weighted by atomic mass is 10.0. The third-order valence-electron chi connectivity index (χ3n) is 7.62. The number of fused-ring (bicyclic) bond motifs is 1. The van der Waals surface area contributed by atoms with E-state index in [0.29, 0.717) is 11.8 Å². The molecule has 0 radical (unpaired) electrons. The highest BCUT2D eigenvalue weighted by Crippen LogP contribution is 2.48. The maximum atomic E-state index is 14.6. The van der Waals surface area contributed by atoms with Gasteiger partial charge in [-0.05, 0) is 32.2 Å². The Balaban J connectivity index is 1.42. The Morgan fingerprint density at radius 2 is 1.78 bits per heavy atom. The van der Waals surface area contributed by atoms with Crippen LogP contribution in [0.15, 0.2) is 35.3 Å². The number of carbonyl (C=O) groups is 1. The van der Waals surface area contributed by atoms with Gasteiger partial charge < -0.3 is 20.1 Å². The number of piperidine rings is 1. The number of amides is 1. The number of rotatable bonds is 8. The second kappa shape index (κ2) is 9.17. The van der Waals surface area contributed by atoms with Gasteiger partial charge in [-0.2, -0.15) is 0 Å². The van der Waals surface area contributed by atoms with Gasteiger partial charge in [0.2, 0.25) is 6.43 Å². The maximum absolute atomic E-state index is 14.6. The first-order chi connectivity index (χ1) is 17.1. The first-order valence-corrected chi connectivity index (χ1v) is 11.9. The smallest absolute Gasteiger partial charge is 0.266 e. The van der Waals surface area contributed by atoms with Crippen molar-refractivity contribution in [3.63, 3.8) is 0 Å². The van der Waals surface area contributed by atoms with Crippen LogP contribution in [0.5, 0.6) is 0 Å². The number of aromatic nitrogens is 1. The fourth-order valence-electron chi connectivity index (χ4n) is 5.45. The van der Waals surface area contributed by atoms with E-state index in [-0.39, 0.29) is 29.3 Å². The number of benzene rings is 1. The minimum atomic E-state index is -3.01. The molecule has 1 aromatic heterocycles. The molecule has 6 nitrogen and oxygen atoms in total. The number of anilines is 1. The normalized spacial score (nSPS) is 27.8. The summed E-state index contributed by atoms with van der Waals surface area (Å²) in [6.07, 6.45) is -4.18. The van der Waals surface area contributed by atoms with Crippen LogP contribution in [-0.2, 0) is 0 Å². The zero-order chi connectivity index (χ0) is 25.9. The number of alkyl halides is 4. The van der Waals surface area contributed by atoms with Crippen molar-refractivity contribution in [2.24, 2.45) is 17.8 Å². The Labute approximate surface area is 204 Å². The van der Waals surface area contributed by atoms with Gasteiger partial charge in [0, 0.05) is 48.9 Å². The summed E-state index contributed by atoms with van der Waals surface area (Å²) in [5.41, 5.74) is -1.02. The lowest BCUT2D eigenvalue weighted by Crippen LogP contribution is -2.32. The molecule has 2 aliphatic carbocycles. The quantitative estimate of drug-likeness (QED) is 0.523. The van der Waals surface area contributed by atoms with Gasteiger partial charge in [0.25, 0.3) is 17.9 Å². The van der Waals surface area contributed by atoms with Gasteiger partial charge in [0.15, 0.2) is 0 Å². The third kappa shape index (κ3) is 4.49. The molecule has 1 aliphatic heterocycles. The van der Waals surface area contributed by atoms with Crippen LogP contribution in [0.2, 0.25) is 0 Å². The Hall–Kier alpha value is -2.95. The van der Waals surface area contributed by atoms with Crippen LogP contribution in [-0.4, -0.2) is 48.0 Å². The van der Waals surface area contributed by atoms with Crippen molar-refractivity contribution in [3.8, 4) is 0 Å². The minimum Gasteiger partial charge on any atom is -0.381 e. The highest BCUT2D eigenvalue weighted by atomic mass is 19.3. The number of nitrogens with zero attached hydrogens (tertiary/aromatic N) is 2. The molecule has 11 heteroatoms. The molecule has 0 spiro atoms. The number of likely N-dealkylation sites (tertiary alicyclic amines) is 1. The molecule has 5 rings (SSSR count). The Bertz CT molecular complexity index is 1220. The molecule has 6 atom stereocenters. The average molecular weight is 511 g/mol. The van der Waals surface area contributed by atoms with Crippen molar-refractivity contribution in [1.29, 1.82) is 0 Å². The molecule has 0 bridgehead atoms. The molecule has 2 aromatic rings. The van der Waals surface area contributed by atoms with Crippen LogP contribution in [0, 0.1) is 23.6 Å². The van der Waals surface area contributed by atoms with Gasteiger partial charge in [0.05, 0.1) is 22.9 Å². The van der Waals surface area contributed by atoms with Crippen LogP contribution in [0.25, 0.3) is 0 Å². The van der Waals surface area contributed by atoms with Gasteiger partial charge in [-0.25, -0.2) is 22.0 Å². The molecule has 3 fully saturated rings. The fourth-order valence-corrected chi connectivity index (χ4v) is 5.45. The number of carbonyl (C=O) groups excluding carboxylic acids is 1. The van der Waals surface area contributed by atoms with Crippen LogP contribution in [0.4, 0.5) is 27.6 Å². The van der Waals surface area contributed by atoms with E-state index in [1.165, 1.54) is 31.3 Å². The molecule has 1 amide bonds. The molecule has 1 aromatic carbocycles. The molecular weight excluding hydrogens is 483 g/mol. The molecule has 3 aliphatic rings. The van der Waals surface area contributed by atoms with E-state index in [2.05, 4.69) is 15.5 Å². The van der Waals surface area contributed by atoms with Crippen molar-refractivity contribution in [1.82, 2.24) is 14.8 Å². The second-order valence-corrected chi connectivity index (χ2v) is 10.1. The van der Waals surface area contributed by atoms with E-state index in [0.717, 1.165) is 23.7 Å². The zero-order valence-corrected chi connectivity index (χ0v) is 19.7. The van der Waals surface area contributed by atoms with E-state index in [9.17, 15) is 31.5 Å². The Morgan fingerprint density at radius 3 is 2.39 bits per heavy atom. The summed E-state index contributed by atoms with van der Waals surface area (Å²) in [5, 5.41) is 5.89. The molecule has 2 heterocycles. The summed E-state index contributed by atoms with van der Waals surface area (Å²) in [7, 11) is 2.02. The number of halogens is 5. The first-order valence-electron chi connectivity index (χ1n) is 11.9. The molecule has 2 saturated carbocycles. The van der Waals surface area contributed by atoms with Crippen LogP contribution in [0.3, 0.4) is 0 Å². The molecule has 2 N–H and O–H groups in total. The lowest BCUT2D eigenvalue weighted by molar-refractivity contribution is 0.0939.